The van der Waals surface area contributed by atoms with E-state index in [1.807, 2.05) is 103 Å². The second-order valence-corrected chi connectivity index (χ2v) is 8.18. The van der Waals surface area contributed by atoms with Gasteiger partial charge in [-0.05, 0) is 41.0 Å². The van der Waals surface area contributed by atoms with E-state index in [9.17, 15) is 4.79 Å². The summed E-state index contributed by atoms with van der Waals surface area (Å²) < 4.78 is 7.77. The van der Waals surface area contributed by atoms with E-state index in [1.165, 1.54) is 15.9 Å². The molecule has 0 bridgehead atoms. The Hall–Kier alpha value is -4.03. The summed E-state index contributed by atoms with van der Waals surface area (Å²) in [7, 11) is 0. The first-order valence-electron chi connectivity index (χ1n) is 10.2. The molecule has 0 aliphatic carbocycles. The van der Waals surface area contributed by atoms with Gasteiger partial charge in [0.2, 0.25) is 4.96 Å². The van der Waals surface area contributed by atoms with Crippen LogP contribution < -0.4 is 14.8 Å². The van der Waals surface area contributed by atoms with Gasteiger partial charge >= 0.3 is 0 Å². The van der Waals surface area contributed by atoms with Gasteiger partial charge in [-0.3, -0.25) is 4.79 Å². The van der Waals surface area contributed by atoms with Crippen LogP contribution in [-0.4, -0.2) is 14.6 Å². The van der Waals surface area contributed by atoms with Crippen LogP contribution >= 0.6 is 11.3 Å². The number of hydrogen-bond donors (Lipinski definition) is 0. The van der Waals surface area contributed by atoms with Crippen molar-refractivity contribution in [3.8, 4) is 5.75 Å². The van der Waals surface area contributed by atoms with Gasteiger partial charge in [0, 0.05) is 0 Å². The van der Waals surface area contributed by atoms with Gasteiger partial charge in [0.15, 0.2) is 5.82 Å². The van der Waals surface area contributed by atoms with Gasteiger partial charge in [-0.2, -0.15) is 9.50 Å². The van der Waals surface area contributed by atoms with Gasteiger partial charge in [-0.25, -0.2) is 0 Å². The van der Waals surface area contributed by atoms with E-state index >= 15 is 0 Å². The molecule has 0 spiro atoms. The lowest BCUT2D eigenvalue weighted by Gasteiger charge is -2.06. The molecule has 0 aliphatic heterocycles. The van der Waals surface area contributed by atoms with Gasteiger partial charge in [-0.15, -0.1) is 5.10 Å². The largest absolute Gasteiger partial charge is 0.489 e. The van der Waals surface area contributed by atoms with Crippen molar-refractivity contribution in [1.29, 1.82) is 0 Å². The maximum atomic E-state index is 12.7. The number of hydrogen-bond acceptors (Lipinski definition) is 5. The second-order valence-electron chi connectivity index (χ2n) is 7.17. The van der Waals surface area contributed by atoms with Crippen molar-refractivity contribution in [2.45, 2.75) is 6.61 Å². The Bertz CT molecular complexity index is 1470. The van der Waals surface area contributed by atoms with Gasteiger partial charge in [-0.1, -0.05) is 90.2 Å². The Morgan fingerprint density at radius 1 is 0.844 bits per heavy atom. The molecule has 0 saturated carbocycles. The van der Waals surface area contributed by atoms with Crippen LogP contribution in [0.2, 0.25) is 0 Å². The monoisotopic (exact) mass is 437 g/mol. The first-order valence-corrected chi connectivity index (χ1v) is 11.0. The van der Waals surface area contributed by atoms with Crippen LogP contribution in [0.1, 0.15) is 22.5 Å². The summed E-state index contributed by atoms with van der Waals surface area (Å²) in [5, 5.41) is 4.33. The van der Waals surface area contributed by atoms with E-state index in [-0.39, 0.29) is 5.56 Å². The fourth-order valence-electron chi connectivity index (χ4n) is 3.21. The van der Waals surface area contributed by atoms with Crippen molar-refractivity contribution in [3.63, 3.8) is 0 Å². The lowest BCUT2D eigenvalue weighted by atomic mass is 10.2. The molecule has 156 valence electrons. The van der Waals surface area contributed by atoms with Gasteiger partial charge in [0.1, 0.15) is 12.4 Å². The summed E-state index contributed by atoms with van der Waals surface area (Å²) in [6, 6.07) is 27.6. The molecule has 5 aromatic rings. The SMILES string of the molecule is O=c1/c(=C/c2ccc(OCc3ccccc3)cc2)sc2nc(/C=C/c3ccccc3)nn12. The van der Waals surface area contributed by atoms with Crippen LogP contribution in [0, 0.1) is 0 Å². The predicted molar refractivity (Wildman–Crippen MR) is 129 cm³/mol. The van der Waals surface area contributed by atoms with E-state index in [4.69, 9.17) is 4.74 Å². The molecule has 0 N–H and O–H groups in total. The Morgan fingerprint density at radius 2 is 1.56 bits per heavy atom. The highest BCUT2D eigenvalue weighted by molar-refractivity contribution is 7.15. The molecule has 5 nitrogen and oxygen atoms in total. The summed E-state index contributed by atoms with van der Waals surface area (Å²) >= 11 is 1.33. The number of rotatable bonds is 6. The third-order valence-corrected chi connectivity index (χ3v) is 5.81. The number of fused-ring (bicyclic) bond motifs is 1. The van der Waals surface area contributed by atoms with E-state index < -0.39 is 0 Å². The first kappa shape index (κ1) is 19.9. The third kappa shape index (κ3) is 4.50. The van der Waals surface area contributed by atoms with Gasteiger partial charge in [0.05, 0.1) is 4.53 Å². The van der Waals surface area contributed by atoms with Crippen LogP contribution in [0.15, 0.2) is 89.7 Å². The van der Waals surface area contributed by atoms with Crippen molar-refractivity contribution in [1.82, 2.24) is 14.6 Å². The normalized spacial score (nSPS) is 12.1. The van der Waals surface area contributed by atoms with E-state index in [2.05, 4.69) is 10.1 Å². The van der Waals surface area contributed by atoms with Crippen LogP contribution in [-0.2, 0) is 6.61 Å². The lowest BCUT2D eigenvalue weighted by molar-refractivity contribution is 0.306. The average Bonchev–Trinajstić information content (AvgIpc) is 3.37. The summed E-state index contributed by atoms with van der Waals surface area (Å²) in [5.41, 5.74) is 2.92. The fraction of sp³-hybridized carbons (Fsp3) is 0.0385. The Morgan fingerprint density at radius 3 is 2.28 bits per heavy atom. The van der Waals surface area contributed by atoms with Crippen molar-refractivity contribution in [2.75, 3.05) is 0 Å². The van der Waals surface area contributed by atoms with Crippen LogP contribution in [0.4, 0.5) is 0 Å². The quantitative estimate of drug-likeness (QED) is 0.394. The molecule has 0 radical (unpaired) electrons. The molecule has 0 saturated heterocycles. The smallest absolute Gasteiger partial charge is 0.291 e. The molecule has 32 heavy (non-hydrogen) atoms. The topological polar surface area (TPSA) is 56.5 Å². The molecular weight excluding hydrogens is 418 g/mol. The minimum atomic E-state index is -0.165. The minimum Gasteiger partial charge on any atom is -0.489 e. The van der Waals surface area contributed by atoms with Crippen LogP contribution in [0.3, 0.4) is 0 Å². The van der Waals surface area contributed by atoms with Crippen LogP contribution in [0.25, 0.3) is 23.2 Å². The summed E-state index contributed by atoms with van der Waals surface area (Å²) in [6.07, 6.45) is 5.59. The number of ether oxygens (including phenoxy) is 1. The van der Waals surface area contributed by atoms with Crippen molar-refractivity contribution < 1.29 is 4.74 Å². The number of aromatic nitrogens is 3. The molecule has 0 atom stereocenters. The molecule has 0 aliphatic rings. The molecule has 6 heteroatoms. The molecule has 0 amide bonds. The highest BCUT2D eigenvalue weighted by Crippen LogP contribution is 2.15. The van der Waals surface area contributed by atoms with E-state index in [0.29, 0.717) is 21.9 Å². The number of thiazole rings is 1. The van der Waals surface area contributed by atoms with Gasteiger partial charge < -0.3 is 4.74 Å². The molecule has 0 fully saturated rings. The Kier molecular flexibility index (Phi) is 5.59. The molecule has 2 heterocycles. The zero-order valence-corrected chi connectivity index (χ0v) is 17.9. The highest BCUT2D eigenvalue weighted by atomic mass is 32.1. The van der Waals surface area contributed by atoms with Crippen molar-refractivity contribution in [2.24, 2.45) is 0 Å². The first-order chi connectivity index (χ1) is 15.7. The Balaban J connectivity index is 1.32. The molecule has 3 aromatic carbocycles. The maximum absolute atomic E-state index is 12.7. The van der Waals surface area contributed by atoms with E-state index in [0.717, 1.165) is 22.4 Å². The summed E-state index contributed by atoms with van der Waals surface area (Å²) in [4.78, 5) is 17.8. The lowest BCUT2D eigenvalue weighted by Crippen LogP contribution is -2.23. The fourth-order valence-corrected chi connectivity index (χ4v) is 4.12. The highest BCUT2D eigenvalue weighted by Gasteiger charge is 2.09. The van der Waals surface area contributed by atoms with E-state index in [1.54, 1.807) is 0 Å². The van der Waals surface area contributed by atoms with Gasteiger partial charge in [0.25, 0.3) is 5.56 Å². The zero-order chi connectivity index (χ0) is 21.8. The molecular formula is C26H19N3O2S. The average molecular weight is 438 g/mol. The second kappa shape index (κ2) is 8.99. The third-order valence-electron chi connectivity index (χ3n) is 4.85. The van der Waals surface area contributed by atoms with Crippen molar-refractivity contribution >= 4 is 34.5 Å². The summed E-state index contributed by atoms with van der Waals surface area (Å²) in [5.74, 6) is 1.30. The molecule has 0 unspecified atom stereocenters. The van der Waals surface area contributed by atoms with Crippen molar-refractivity contribution in [3.05, 3.63) is 122 Å². The standard InChI is InChI=1S/C26H19N3O2S/c30-25-23(17-20-11-14-22(15-12-20)31-18-21-9-5-2-6-10-21)32-26-27-24(28-29(25)26)16-13-19-7-3-1-4-8-19/h1-17H,18H2/b16-13+,23-17-. The number of benzene rings is 3. The molecule has 2 aromatic heterocycles. The zero-order valence-electron chi connectivity index (χ0n) is 17.1. The minimum absolute atomic E-state index is 0.165. The summed E-state index contributed by atoms with van der Waals surface area (Å²) in [6.45, 7) is 0.517. The molecule has 5 rings (SSSR count). The predicted octanol–water partition coefficient (Wildman–Crippen LogP) is 4.45. The maximum Gasteiger partial charge on any atom is 0.291 e. The Labute approximate surface area is 188 Å². The number of nitrogens with zero attached hydrogens (tertiary/aromatic N) is 3. The van der Waals surface area contributed by atoms with Crippen LogP contribution in [0.5, 0.6) is 5.75 Å².